The third-order valence-corrected chi connectivity index (χ3v) is 2.31. The second kappa shape index (κ2) is 5.60. The molecular formula is C11H15NO4. The molecule has 0 saturated carbocycles. The highest BCUT2D eigenvalue weighted by Crippen LogP contribution is 2.17. The van der Waals surface area contributed by atoms with Crippen LogP contribution in [0.2, 0.25) is 0 Å². The molecule has 0 amide bonds. The van der Waals surface area contributed by atoms with E-state index in [-0.39, 0.29) is 0 Å². The molecule has 0 saturated heterocycles. The second-order valence-corrected chi connectivity index (χ2v) is 3.51. The predicted octanol–water partition coefficient (Wildman–Crippen LogP) is -0.333. The average molecular weight is 225 g/mol. The molecule has 5 heteroatoms. The van der Waals surface area contributed by atoms with Crippen LogP contribution in [0.3, 0.4) is 0 Å². The van der Waals surface area contributed by atoms with Crippen molar-refractivity contribution in [1.82, 2.24) is 0 Å². The molecular weight excluding hydrogens is 210 g/mol. The lowest BCUT2D eigenvalue weighted by Gasteiger charge is -2.14. The molecule has 16 heavy (non-hydrogen) atoms. The van der Waals surface area contributed by atoms with Gasteiger partial charge < -0.3 is 21.1 Å². The molecule has 0 aliphatic heterocycles. The Bertz CT molecular complexity index is 350. The Morgan fingerprint density at radius 2 is 1.81 bits per heavy atom. The average Bonchev–Trinajstić information content (AvgIpc) is 2.28. The van der Waals surface area contributed by atoms with Gasteiger partial charge in [-0.1, -0.05) is 24.3 Å². The highest BCUT2D eigenvalue weighted by molar-refractivity contribution is 5.73. The number of nitrogens with two attached hydrogens (primary N) is 1. The van der Waals surface area contributed by atoms with Gasteiger partial charge >= 0.3 is 5.97 Å². The molecule has 0 heterocycles. The van der Waals surface area contributed by atoms with E-state index in [4.69, 9.17) is 15.9 Å². The molecule has 0 aliphatic rings. The number of hydrogen-bond donors (Lipinski definition) is 4. The van der Waals surface area contributed by atoms with Crippen LogP contribution >= 0.6 is 0 Å². The van der Waals surface area contributed by atoms with Crippen molar-refractivity contribution in [2.45, 2.75) is 18.6 Å². The number of aliphatic carboxylic acids is 1. The topological polar surface area (TPSA) is 104 Å². The van der Waals surface area contributed by atoms with Gasteiger partial charge in [-0.25, -0.2) is 4.79 Å². The number of carboxylic acids is 1. The molecule has 0 spiro atoms. The summed E-state index contributed by atoms with van der Waals surface area (Å²) >= 11 is 0. The van der Waals surface area contributed by atoms with Gasteiger partial charge in [0.25, 0.3) is 0 Å². The largest absolute Gasteiger partial charge is 0.479 e. The number of rotatable bonds is 5. The Hall–Kier alpha value is -1.43. The van der Waals surface area contributed by atoms with E-state index in [0.717, 1.165) is 12.0 Å². The van der Waals surface area contributed by atoms with Gasteiger partial charge in [0.1, 0.15) is 6.10 Å². The van der Waals surface area contributed by atoms with Gasteiger partial charge in [0.2, 0.25) is 0 Å². The lowest BCUT2D eigenvalue weighted by atomic mass is 10.0. The normalized spacial score (nSPS) is 14.4. The quantitative estimate of drug-likeness (QED) is 0.549. The van der Waals surface area contributed by atoms with Gasteiger partial charge in [-0.2, -0.15) is 0 Å². The van der Waals surface area contributed by atoms with Crippen LogP contribution in [0.1, 0.15) is 17.2 Å². The first-order valence-electron chi connectivity index (χ1n) is 4.94. The number of hydrogen-bond acceptors (Lipinski definition) is 4. The predicted molar refractivity (Wildman–Crippen MR) is 57.8 cm³/mol. The summed E-state index contributed by atoms with van der Waals surface area (Å²) in [5, 5.41) is 27.2. The van der Waals surface area contributed by atoms with Gasteiger partial charge in [0, 0.05) is 0 Å². The van der Waals surface area contributed by atoms with Crippen LogP contribution in [0.5, 0.6) is 0 Å². The minimum Gasteiger partial charge on any atom is -0.479 e. The summed E-state index contributed by atoms with van der Waals surface area (Å²) in [6.07, 6.45) is -2.50. The number of benzene rings is 1. The zero-order chi connectivity index (χ0) is 12.1. The highest BCUT2D eigenvalue weighted by atomic mass is 16.4. The summed E-state index contributed by atoms with van der Waals surface area (Å²) in [5.74, 6) is -1.45. The Morgan fingerprint density at radius 3 is 2.25 bits per heavy atom. The summed E-state index contributed by atoms with van der Waals surface area (Å²) < 4.78 is 0. The van der Waals surface area contributed by atoms with Gasteiger partial charge in [0.15, 0.2) is 6.10 Å². The van der Waals surface area contributed by atoms with Crippen LogP contribution in [0, 0.1) is 0 Å². The minimum absolute atomic E-state index is 0.371. The van der Waals surface area contributed by atoms with E-state index in [1.54, 1.807) is 24.3 Å². The van der Waals surface area contributed by atoms with Crippen molar-refractivity contribution in [2.24, 2.45) is 5.73 Å². The fraction of sp³-hybridized carbons (Fsp3) is 0.364. The molecule has 0 aliphatic carbocycles. The summed E-state index contributed by atoms with van der Waals surface area (Å²) in [4.78, 5) is 10.5. The molecule has 5 N–H and O–H groups in total. The summed E-state index contributed by atoms with van der Waals surface area (Å²) in [7, 11) is 0. The van der Waals surface area contributed by atoms with E-state index < -0.39 is 18.2 Å². The molecule has 2 atom stereocenters. The van der Waals surface area contributed by atoms with Gasteiger partial charge in [-0.15, -0.1) is 0 Å². The molecule has 5 nitrogen and oxygen atoms in total. The van der Waals surface area contributed by atoms with Crippen molar-refractivity contribution in [2.75, 3.05) is 6.54 Å². The third-order valence-electron chi connectivity index (χ3n) is 2.31. The Labute approximate surface area is 93.1 Å². The number of aliphatic hydroxyl groups is 2. The Balaban J connectivity index is 2.77. The summed E-state index contributed by atoms with van der Waals surface area (Å²) in [5.41, 5.74) is 6.75. The van der Waals surface area contributed by atoms with Crippen LogP contribution < -0.4 is 5.73 Å². The molecule has 2 unspecified atom stereocenters. The van der Waals surface area contributed by atoms with Crippen LogP contribution in [-0.4, -0.2) is 33.9 Å². The lowest BCUT2D eigenvalue weighted by Crippen LogP contribution is -2.27. The van der Waals surface area contributed by atoms with Crippen molar-refractivity contribution in [3.63, 3.8) is 0 Å². The van der Waals surface area contributed by atoms with Crippen molar-refractivity contribution in [1.29, 1.82) is 0 Å². The number of aliphatic hydroxyl groups excluding tert-OH is 2. The number of carboxylic acid groups (broad SMARTS) is 1. The van der Waals surface area contributed by atoms with E-state index in [1.165, 1.54) is 0 Å². The van der Waals surface area contributed by atoms with E-state index in [0.29, 0.717) is 12.1 Å². The van der Waals surface area contributed by atoms with Crippen molar-refractivity contribution in [3.8, 4) is 0 Å². The molecule has 1 rings (SSSR count). The molecule has 0 radical (unpaired) electrons. The van der Waals surface area contributed by atoms with Crippen molar-refractivity contribution < 1.29 is 20.1 Å². The molecule has 1 aromatic carbocycles. The molecule has 0 aromatic heterocycles. The summed E-state index contributed by atoms with van der Waals surface area (Å²) in [6.45, 7) is 0.527. The fourth-order valence-electron chi connectivity index (χ4n) is 1.37. The maximum absolute atomic E-state index is 10.5. The maximum Gasteiger partial charge on any atom is 0.335 e. The van der Waals surface area contributed by atoms with Crippen molar-refractivity contribution >= 4 is 5.97 Å². The van der Waals surface area contributed by atoms with E-state index >= 15 is 0 Å². The lowest BCUT2D eigenvalue weighted by molar-refractivity contribution is -0.153. The first-order valence-corrected chi connectivity index (χ1v) is 4.94. The van der Waals surface area contributed by atoms with Crippen LogP contribution in [-0.2, 0) is 11.2 Å². The van der Waals surface area contributed by atoms with Crippen LogP contribution in [0.4, 0.5) is 0 Å². The molecule has 88 valence electrons. The zero-order valence-electron chi connectivity index (χ0n) is 8.71. The van der Waals surface area contributed by atoms with Gasteiger partial charge in [0.05, 0.1) is 0 Å². The van der Waals surface area contributed by atoms with E-state index in [1.807, 2.05) is 0 Å². The maximum atomic E-state index is 10.5. The third kappa shape index (κ3) is 3.03. The minimum atomic E-state index is -1.81. The Kier molecular flexibility index (Phi) is 4.42. The first-order chi connectivity index (χ1) is 7.56. The molecule has 0 bridgehead atoms. The van der Waals surface area contributed by atoms with Gasteiger partial charge in [-0.3, -0.25) is 0 Å². The van der Waals surface area contributed by atoms with Crippen LogP contribution in [0.15, 0.2) is 24.3 Å². The zero-order valence-corrected chi connectivity index (χ0v) is 8.71. The second-order valence-electron chi connectivity index (χ2n) is 3.51. The monoisotopic (exact) mass is 225 g/mol. The Morgan fingerprint density at radius 1 is 1.25 bits per heavy atom. The fourth-order valence-corrected chi connectivity index (χ4v) is 1.37. The summed E-state index contributed by atoms with van der Waals surface area (Å²) in [6, 6.07) is 6.67. The van der Waals surface area contributed by atoms with Gasteiger partial charge in [-0.05, 0) is 24.1 Å². The van der Waals surface area contributed by atoms with Crippen molar-refractivity contribution in [3.05, 3.63) is 35.4 Å². The van der Waals surface area contributed by atoms with E-state index in [2.05, 4.69) is 0 Å². The van der Waals surface area contributed by atoms with Crippen LogP contribution in [0.25, 0.3) is 0 Å². The number of carbonyl (C=O) groups is 1. The first kappa shape index (κ1) is 12.6. The molecule has 1 aromatic rings. The standard InChI is InChI=1S/C11H15NO4/c12-6-5-7-1-3-8(4-2-7)9(13)10(14)11(15)16/h1-4,9-10,13-14H,5-6,12H2,(H,15,16). The highest BCUT2D eigenvalue weighted by Gasteiger charge is 2.24. The van der Waals surface area contributed by atoms with E-state index in [9.17, 15) is 9.90 Å². The molecule has 0 fully saturated rings. The smallest absolute Gasteiger partial charge is 0.335 e. The SMILES string of the molecule is NCCc1ccc(C(O)C(O)C(=O)O)cc1.